The molecule has 2 amide bonds. The molecule has 0 aromatic carbocycles. The standard InChI is InChI=1S/C14H21N3O3S/c1-3-9-4-5-10-11(8-9)21-13(15-10)16-14(20)17(2)7-6-12(18)19/h9H,3-8H2,1-2H3,(H,18,19)(H,15,16,20). The van der Waals surface area contributed by atoms with Crippen molar-refractivity contribution in [2.45, 2.75) is 39.0 Å². The Hall–Kier alpha value is -1.63. The summed E-state index contributed by atoms with van der Waals surface area (Å²) in [5, 5.41) is 12.0. The van der Waals surface area contributed by atoms with E-state index in [2.05, 4.69) is 17.2 Å². The van der Waals surface area contributed by atoms with Crippen LogP contribution < -0.4 is 5.32 Å². The van der Waals surface area contributed by atoms with Crippen molar-refractivity contribution in [1.82, 2.24) is 9.88 Å². The van der Waals surface area contributed by atoms with E-state index in [4.69, 9.17) is 5.11 Å². The number of carboxylic acid groups (broad SMARTS) is 1. The smallest absolute Gasteiger partial charge is 0.323 e. The molecule has 116 valence electrons. The van der Waals surface area contributed by atoms with E-state index in [0.29, 0.717) is 5.13 Å². The van der Waals surface area contributed by atoms with Gasteiger partial charge in [-0.3, -0.25) is 10.1 Å². The van der Waals surface area contributed by atoms with Gasteiger partial charge in [-0.25, -0.2) is 9.78 Å². The van der Waals surface area contributed by atoms with Gasteiger partial charge < -0.3 is 10.0 Å². The maximum Gasteiger partial charge on any atom is 0.323 e. The fourth-order valence-corrected chi connectivity index (χ4v) is 3.51. The zero-order valence-corrected chi connectivity index (χ0v) is 13.2. The van der Waals surface area contributed by atoms with Crippen molar-refractivity contribution in [3.8, 4) is 0 Å². The number of fused-ring (bicyclic) bond motifs is 1. The van der Waals surface area contributed by atoms with Crippen molar-refractivity contribution in [1.29, 1.82) is 0 Å². The van der Waals surface area contributed by atoms with Gasteiger partial charge in [0.25, 0.3) is 0 Å². The van der Waals surface area contributed by atoms with Crippen molar-refractivity contribution in [3.63, 3.8) is 0 Å². The fourth-order valence-electron chi connectivity index (χ4n) is 2.40. The summed E-state index contributed by atoms with van der Waals surface area (Å²) < 4.78 is 0. The van der Waals surface area contributed by atoms with Crippen LogP contribution in [0.3, 0.4) is 0 Å². The lowest BCUT2D eigenvalue weighted by Gasteiger charge is -2.18. The first kappa shape index (κ1) is 15.8. The lowest BCUT2D eigenvalue weighted by atomic mass is 9.89. The van der Waals surface area contributed by atoms with Crippen molar-refractivity contribution >= 4 is 28.5 Å². The van der Waals surface area contributed by atoms with E-state index < -0.39 is 5.97 Å². The molecular formula is C14H21N3O3S. The Bertz CT molecular complexity index is 530. The van der Waals surface area contributed by atoms with Crippen LogP contribution in [0.5, 0.6) is 0 Å². The summed E-state index contributed by atoms with van der Waals surface area (Å²) >= 11 is 1.54. The van der Waals surface area contributed by atoms with Gasteiger partial charge in [0.05, 0.1) is 12.1 Å². The molecule has 2 rings (SSSR count). The van der Waals surface area contributed by atoms with E-state index in [1.807, 2.05) is 0 Å². The Kier molecular flexibility index (Phi) is 5.17. The first-order valence-corrected chi connectivity index (χ1v) is 8.03. The van der Waals surface area contributed by atoms with Crippen LogP contribution >= 0.6 is 11.3 Å². The number of nitrogens with one attached hydrogen (secondary N) is 1. The zero-order valence-electron chi connectivity index (χ0n) is 12.4. The van der Waals surface area contributed by atoms with Crippen molar-refractivity contribution in [3.05, 3.63) is 10.6 Å². The van der Waals surface area contributed by atoms with Crippen molar-refractivity contribution < 1.29 is 14.7 Å². The number of carbonyl (C=O) groups excluding carboxylic acids is 1. The minimum Gasteiger partial charge on any atom is -0.481 e. The summed E-state index contributed by atoms with van der Waals surface area (Å²) in [5.74, 6) is -0.190. The SMILES string of the molecule is CCC1CCc2nc(NC(=O)N(C)CCC(=O)O)sc2C1. The monoisotopic (exact) mass is 311 g/mol. The molecule has 0 aliphatic heterocycles. The number of hydrogen-bond donors (Lipinski definition) is 2. The third kappa shape index (κ3) is 4.17. The van der Waals surface area contributed by atoms with Crippen LogP contribution in [-0.4, -0.2) is 40.6 Å². The topological polar surface area (TPSA) is 82.5 Å². The number of nitrogens with zero attached hydrogens (tertiary/aromatic N) is 2. The first-order chi connectivity index (χ1) is 9.99. The average molecular weight is 311 g/mol. The number of anilines is 1. The molecule has 0 saturated carbocycles. The summed E-state index contributed by atoms with van der Waals surface area (Å²) in [6.07, 6.45) is 4.32. The molecule has 0 saturated heterocycles. The Morgan fingerprint density at radius 3 is 2.95 bits per heavy atom. The van der Waals surface area contributed by atoms with Crippen LogP contribution in [-0.2, 0) is 17.6 Å². The average Bonchev–Trinajstić information content (AvgIpc) is 2.85. The number of amides is 2. The van der Waals surface area contributed by atoms with Gasteiger partial charge in [0.15, 0.2) is 5.13 Å². The summed E-state index contributed by atoms with van der Waals surface area (Å²) in [6, 6.07) is -0.311. The van der Waals surface area contributed by atoms with E-state index in [1.54, 1.807) is 7.05 Å². The minimum absolute atomic E-state index is 0.0591. The molecular weight excluding hydrogens is 290 g/mol. The van der Waals surface area contributed by atoms with E-state index in [9.17, 15) is 9.59 Å². The molecule has 0 radical (unpaired) electrons. The number of carbonyl (C=O) groups is 2. The minimum atomic E-state index is -0.912. The fraction of sp³-hybridized carbons (Fsp3) is 0.643. The normalized spacial score (nSPS) is 17.1. The molecule has 1 heterocycles. The van der Waals surface area contributed by atoms with Crippen LogP contribution in [0.4, 0.5) is 9.93 Å². The largest absolute Gasteiger partial charge is 0.481 e. The van der Waals surface area contributed by atoms with E-state index in [-0.39, 0.29) is 19.0 Å². The lowest BCUT2D eigenvalue weighted by molar-refractivity contribution is -0.137. The highest BCUT2D eigenvalue weighted by atomic mass is 32.1. The quantitative estimate of drug-likeness (QED) is 0.875. The maximum atomic E-state index is 11.9. The molecule has 1 aliphatic rings. The van der Waals surface area contributed by atoms with Gasteiger partial charge in [-0.05, 0) is 25.2 Å². The third-order valence-electron chi connectivity index (χ3n) is 3.84. The maximum absolute atomic E-state index is 11.9. The van der Waals surface area contributed by atoms with Crippen molar-refractivity contribution in [2.24, 2.45) is 5.92 Å². The molecule has 0 bridgehead atoms. The van der Waals surface area contributed by atoms with Crippen molar-refractivity contribution in [2.75, 3.05) is 18.9 Å². The zero-order chi connectivity index (χ0) is 15.4. The van der Waals surface area contributed by atoms with E-state index >= 15 is 0 Å². The summed E-state index contributed by atoms with van der Waals surface area (Å²) in [6.45, 7) is 2.39. The van der Waals surface area contributed by atoms with E-state index in [1.165, 1.54) is 34.0 Å². The second-order valence-corrected chi connectivity index (χ2v) is 6.49. The Morgan fingerprint density at radius 1 is 1.52 bits per heavy atom. The number of thiazole rings is 1. The molecule has 0 fully saturated rings. The number of aromatic nitrogens is 1. The van der Waals surface area contributed by atoms with Gasteiger partial charge in [0, 0.05) is 18.5 Å². The molecule has 1 atom stereocenters. The second kappa shape index (κ2) is 6.89. The molecule has 2 N–H and O–H groups in total. The van der Waals surface area contributed by atoms with Gasteiger partial charge in [-0.15, -0.1) is 11.3 Å². The number of rotatable bonds is 5. The van der Waals surface area contributed by atoms with E-state index in [0.717, 1.165) is 24.5 Å². The van der Waals surface area contributed by atoms with Crippen LogP contribution in [0.25, 0.3) is 0 Å². The highest BCUT2D eigenvalue weighted by Crippen LogP contribution is 2.33. The predicted octanol–water partition coefficient (Wildman–Crippen LogP) is 2.60. The van der Waals surface area contributed by atoms with Gasteiger partial charge in [-0.2, -0.15) is 0 Å². The summed E-state index contributed by atoms with van der Waals surface area (Å²) in [4.78, 5) is 29.6. The third-order valence-corrected chi connectivity index (χ3v) is 4.88. The molecule has 7 heteroatoms. The molecule has 6 nitrogen and oxygen atoms in total. The Morgan fingerprint density at radius 2 is 2.29 bits per heavy atom. The highest BCUT2D eigenvalue weighted by molar-refractivity contribution is 7.15. The van der Waals surface area contributed by atoms with Crippen LogP contribution in [0.1, 0.15) is 36.8 Å². The Labute approximate surface area is 128 Å². The highest BCUT2D eigenvalue weighted by Gasteiger charge is 2.22. The second-order valence-electron chi connectivity index (χ2n) is 5.40. The van der Waals surface area contributed by atoms with Gasteiger partial charge in [0.1, 0.15) is 0 Å². The molecule has 1 aromatic rings. The molecule has 21 heavy (non-hydrogen) atoms. The Balaban J connectivity index is 1.93. The summed E-state index contributed by atoms with van der Waals surface area (Å²) in [5.41, 5.74) is 1.10. The number of aliphatic carboxylic acids is 1. The number of hydrogen-bond acceptors (Lipinski definition) is 4. The molecule has 1 aliphatic carbocycles. The lowest BCUT2D eigenvalue weighted by Crippen LogP contribution is -2.33. The number of carboxylic acids is 1. The summed E-state index contributed by atoms with van der Waals surface area (Å²) in [7, 11) is 1.58. The van der Waals surface area contributed by atoms with Gasteiger partial charge in [0.2, 0.25) is 0 Å². The molecule has 0 spiro atoms. The number of urea groups is 1. The molecule has 1 unspecified atom stereocenters. The van der Waals surface area contributed by atoms with Crippen LogP contribution in [0.2, 0.25) is 0 Å². The number of aryl methyl sites for hydroxylation is 1. The van der Waals surface area contributed by atoms with Gasteiger partial charge >= 0.3 is 12.0 Å². The molecule has 1 aromatic heterocycles. The van der Waals surface area contributed by atoms with Crippen LogP contribution in [0.15, 0.2) is 0 Å². The van der Waals surface area contributed by atoms with Crippen LogP contribution in [0, 0.1) is 5.92 Å². The van der Waals surface area contributed by atoms with Gasteiger partial charge in [-0.1, -0.05) is 13.3 Å². The predicted molar refractivity (Wildman–Crippen MR) is 81.8 cm³/mol. The first-order valence-electron chi connectivity index (χ1n) is 7.22.